The summed E-state index contributed by atoms with van der Waals surface area (Å²) in [6.45, 7) is 0. The molecular weight excluding hydrogens is 412 g/mol. The Morgan fingerprint density at radius 1 is 1.14 bits per heavy atom. The summed E-state index contributed by atoms with van der Waals surface area (Å²) in [5.74, 6) is 1.10. The minimum Gasteiger partial charge on any atom is -0.330 e. The first-order valence-electron chi connectivity index (χ1n) is 8.58. The van der Waals surface area contributed by atoms with E-state index < -0.39 is 0 Å². The first-order valence-corrected chi connectivity index (χ1v) is 9.94. The van der Waals surface area contributed by atoms with Crippen LogP contribution in [0.25, 0.3) is 23.1 Å². The Kier molecular flexibility index (Phi) is 5.59. The molecule has 29 heavy (non-hydrogen) atoms. The third-order valence-corrected chi connectivity index (χ3v) is 5.31. The molecule has 0 unspecified atom stereocenters. The quantitative estimate of drug-likeness (QED) is 0.466. The monoisotopic (exact) mass is 426 g/mol. The summed E-state index contributed by atoms with van der Waals surface area (Å²) >= 11 is 7.30. The van der Waals surface area contributed by atoms with E-state index in [2.05, 4.69) is 25.7 Å². The molecule has 0 radical (unpaired) electrons. The SMILES string of the molecule is Cn1c(SCC(=O)Nc2ccccc2Cl)nnc1-c1nc(-c2ccccc2)no1. The molecule has 8 nitrogen and oxygen atoms in total. The summed E-state index contributed by atoms with van der Waals surface area (Å²) in [6.07, 6.45) is 0. The van der Waals surface area contributed by atoms with Crippen molar-refractivity contribution in [2.24, 2.45) is 7.05 Å². The van der Waals surface area contributed by atoms with E-state index >= 15 is 0 Å². The van der Waals surface area contributed by atoms with Crippen molar-refractivity contribution >= 4 is 35.0 Å². The van der Waals surface area contributed by atoms with Crippen molar-refractivity contribution in [2.45, 2.75) is 5.16 Å². The van der Waals surface area contributed by atoms with Crippen LogP contribution in [0.4, 0.5) is 5.69 Å². The van der Waals surface area contributed by atoms with E-state index in [0.717, 1.165) is 5.56 Å². The van der Waals surface area contributed by atoms with Gasteiger partial charge in [0.15, 0.2) is 5.16 Å². The van der Waals surface area contributed by atoms with Crippen molar-refractivity contribution in [1.82, 2.24) is 24.9 Å². The van der Waals surface area contributed by atoms with Crippen LogP contribution in [-0.4, -0.2) is 36.6 Å². The number of carbonyl (C=O) groups excluding carboxylic acids is 1. The molecule has 0 fully saturated rings. The highest BCUT2D eigenvalue weighted by atomic mass is 35.5. The van der Waals surface area contributed by atoms with Crippen LogP contribution < -0.4 is 5.32 Å². The molecular formula is C19H15ClN6O2S. The molecule has 0 saturated heterocycles. The van der Waals surface area contributed by atoms with Gasteiger partial charge in [-0.1, -0.05) is 71.0 Å². The molecule has 1 amide bonds. The van der Waals surface area contributed by atoms with Crippen molar-refractivity contribution in [3.63, 3.8) is 0 Å². The van der Waals surface area contributed by atoms with Crippen molar-refractivity contribution < 1.29 is 9.32 Å². The van der Waals surface area contributed by atoms with Crippen LogP contribution in [0.2, 0.25) is 5.02 Å². The van der Waals surface area contributed by atoms with Gasteiger partial charge in [-0.2, -0.15) is 4.98 Å². The zero-order valence-corrected chi connectivity index (χ0v) is 16.8. The average molecular weight is 427 g/mol. The predicted octanol–water partition coefficient (Wildman–Crippen LogP) is 3.92. The molecule has 2 aromatic heterocycles. The molecule has 0 aliphatic carbocycles. The summed E-state index contributed by atoms with van der Waals surface area (Å²) in [6, 6.07) is 16.6. The zero-order chi connectivity index (χ0) is 20.2. The fraction of sp³-hybridized carbons (Fsp3) is 0.105. The van der Waals surface area contributed by atoms with Crippen LogP contribution in [0.15, 0.2) is 64.3 Å². The Hall–Kier alpha value is -3.17. The summed E-state index contributed by atoms with van der Waals surface area (Å²) in [5, 5.41) is 16.0. The van der Waals surface area contributed by atoms with E-state index in [1.54, 1.807) is 35.9 Å². The Labute approximate surface area is 175 Å². The third kappa shape index (κ3) is 4.30. The van der Waals surface area contributed by atoms with Crippen molar-refractivity contribution in [3.8, 4) is 23.1 Å². The maximum absolute atomic E-state index is 12.2. The third-order valence-electron chi connectivity index (χ3n) is 3.96. The number of hydrogen-bond donors (Lipinski definition) is 1. The zero-order valence-electron chi connectivity index (χ0n) is 15.2. The summed E-state index contributed by atoms with van der Waals surface area (Å²) in [7, 11) is 1.77. The summed E-state index contributed by atoms with van der Waals surface area (Å²) in [5.41, 5.74) is 1.41. The van der Waals surface area contributed by atoms with Crippen LogP contribution in [-0.2, 0) is 11.8 Å². The molecule has 2 aromatic carbocycles. The lowest BCUT2D eigenvalue weighted by molar-refractivity contribution is -0.113. The van der Waals surface area contributed by atoms with E-state index in [1.807, 2.05) is 30.3 Å². The maximum Gasteiger partial charge on any atom is 0.296 e. The molecule has 0 spiro atoms. The number of carbonyl (C=O) groups is 1. The molecule has 0 bridgehead atoms. The second-order valence-corrected chi connectivity index (χ2v) is 7.32. The van der Waals surface area contributed by atoms with Gasteiger partial charge in [0.1, 0.15) is 0 Å². The average Bonchev–Trinajstić information content (AvgIpc) is 3.36. The van der Waals surface area contributed by atoms with Crippen LogP contribution in [0, 0.1) is 0 Å². The van der Waals surface area contributed by atoms with E-state index in [1.165, 1.54) is 11.8 Å². The fourth-order valence-electron chi connectivity index (χ4n) is 2.52. The van der Waals surface area contributed by atoms with Gasteiger partial charge >= 0.3 is 0 Å². The van der Waals surface area contributed by atoms with Gasteiger partial charge in [0, 0.05) is 12.6 Å². The second kappa shape index (κ2) is 8.46. The van der Waals surface area contributed by atoms with Crippen molar-refractivity contribution in [1.29, 1.82) is 0 Å². The smallest absolute Gasteiger partial charge is 0.296 e. The number of halogens is 1. The number of amides is 1. The predicted molar refractivity (Wildman–Crippen MR) is 111 cm³/mol. The minimum absolute atomic E-state index is 0.149. The van der Waals surface area contributed by atoms with Gasteiger partial charge in [-0.3, -0.25) is 4.79 Å². The maximum atomic E-state index is 12.2. The normalized spacial score (nSPS) is 10.8. The van der Waals surface area contributed by atoms with E-state index in [4.69, 9.17) is 16.1 Å². The Morgan fingerprint density at radius 3 is 2.69 bits per heavy atom. The van der Waals surface area contributed by atoms with Crippen LogP contribution in [0.3, 0.4) is 0 Å². The Balaban J connectivity index is 1.43. The van der Waals surface area contributed by atoms with Gasteiger partial charge < -0.3 is 14.4 Å². The number of rotatable bonds is 6. The summed E-state index contributed by atoms with van der Waals surface area (Å²) in [4.78, 5) is 16.6. The largest absolute Gasteiger partial charge is 0.330 e. The number of hydrogen-bond acceptors (Lipinski definition) is 7. The fourth-order valence-corrected chi connectivity index (χ4v) is 3.42. The van der Waals surface area contributed by atoms with Crippen molar-refractivity contribution in [2.75, 3.05) is 11.1 Å². The van der Waals surface area contributed by atoms with E-state index in [-0.39, 0.29) is 17.6 Å². The lowest BCUT2D eigenvalue weighted by atomic mass is 10.2. The highest BCUT2D eigenvalue weighted by Crippen LogP contribution is 2.25. The van der Waals surface area contributed by atoms with Gasteiger partial charge in [0.25, 0.3) is 5.89 Å². The first kappa shape index (κ1) is 19.2. The molecule has 0 saturated carbocycles. The molecule has 0 aliphatic heterocycles. The van der Waals surface area contributed by atoms with Gasteiger partial charge in [-0.15, -0.1) is 10.2 Å². The van der Waals surface area contributed by atoms with Gasteiger partial charge in [-0.25, -0.2) is 0 Å². The number of thioether (sulfide) groups is 1. The Morgan fingerprint density at radius 2 is 1.90 bits per heavy atom. The van der Waals surface area contributed by atoms with Crippen LogP contribution in [0.5, 0.6) is 0 Å². The molecule has 4 aromatic rings. The van der Waals surface area contributed by atoms with Crippen LogP contribution in [0.1, 0.15) is 0 Å². The number of para-hydroxylation sites is 1. The number of benzene rings is 2. The number of nitrogens with one attached hydrogen (secondary N) is 1. The lowest BCUT2D eigenvalue weighted by Crippen LogP contribution is -2.14. The number of nitrogens with zero attached hydrogens (tertiary/aromatic N) is 5. The molecule has 10 heteroatoms. The van der Waals surface area contributed by atoms with Crippen molar-refractivity contribution in [3.05, 3.63) is 59.6 Å². The highest BCUT2D eigenvalue weighted by molar-refractivity contribution is 7.99. The number of aromatic nitrogens is 5. The molecule has 0 atom stereocenters. The summed E-state index contributed by atoms with van der Waals surface area (Å²) < 4.78 is 7.03. The van der Waals surface area contributed by atoms with Crippen LogP contribution >= 0.6 is 23.4 Å². The number of anilines is 1. The molecule has 146 valence electrons. The van der Waals surface area contributed by atoms with E-state index in [0.29, 0.717) is 27.5 Å². The van der Waals surface area contributed by atoms with Gasteiger partial charge in [0.05, 0.1) is 16.5 Å². The minimum atomic E-state index is -0.197. The van der Waals surface area contributed by atoms with Gasteiger partial charge in [-0.05, 0) is 12.1 Å². The second-order valence-electron chi connectivity index (χ2n) is 5.97. The standard InChI is InChI=1S/C19H15ClN6O2S/c1-26-17(18-22-16(25-28-18)12-7-3-2-4-8-12)23-24-19(26)29-11-15(27)21-14-10-6-5-9-13(14)20/h2-10H,11H2,1H3,(H,21,27). The molecule has 0 aliphatic rings. The van der Waals surface area contributed by atoms with Gasteiger partial charge in [0.2, 0.25) is 17.6 Å². The molecule has 4 rings (SSSR count). The Bertz CT molecular complexity index is 1140. The van der Waals surface area contributed by atoms with E-state index in [9.17, 15) is 4.79 Å². The molecule has 2 heterocycles. The highest BCUT2D eigenvalue weighted by Gasteiger charge is 2.19. The first-order chi connectivity index (χ1) is 14.1. The molecule has 1 N–H and O–H groups in total. The lowest BCUT2D eigenvalue weighted by Gasteiger charge is -2.06. The topological polar surface area (TPSA) is 98.7 Å².